The van der Waals surface area contributed by atoms with Crippen molar-refractivity contribution in [2.75, 3.05) is 66.4 Å². The van der Waals surface area contributed by atoms with E-state index in [1.807, 2.05) is 19.9 Å². The summed E-state index contributed by atoms with van der Waals surface area (Å²) in [6.07, 6.45) is -12.1. The van der Waals surface area contributed by atoms with Gasteiger partial charge in [-0.05, 0) is 61.3 Å². The molecule has 2 aliphatic heterocycles. The first-order valence-electron chi connectivity index (χ1n) is 30.4. The maximum Gasteiger partial charge on any atom is 0.410 e. The molecule has 13 N–H and O–H groups in total. The maximum atomic E-state index is 14.9. The van der Waals surface area contributed by atoms with E-state index in [0.29, 0.717) is 31.4 Å². The molecular formula is C61H94N10O21. The number of likely N-dealkylation sites (N-methyl/N-ethyl adjacent to an activating group) is 2. The van der Waals surface area contributed by atoms with Crippen LogP contribution in [0.5, 0.6) is 5.75 Å². The Kier molecular flexibility index (Phi) is 30.5. The number of aliphatic carboxylic acids is 1. The molecule has 2 fully saturated rings. The number of nitrogens with zero attached hydrogens (tertiary/aromatic N) is 3. The average molecular weight is 1300 g/mol. The highest BCUT2D eigenvalue weighted by Gasteiger charge is 2.49. The number of aliphatic hydroxyl groups excluding tert-OH is 4. The summed E-state index contributed by atoms with van der Waals surface area (Å²) in [6.45, 7) is 11.5. The summed E-state index contributed by atoms with van der Waals surface area (Å²) < 4.78 is 28.8. The molecule has 2 saturated heterocycles. The SMILES string of the molecule is CC[C@H](C)[C@@H]([C@@H](CC(=O)N1CCC[C@H]1[C@H](OC)[C@@H](C)C(=O)N[C@H](C)[C@@H](O)c1ccccc1)OC)N(C)C(=O)[C@@H](NC(=O)[C@H](C(C)C)N(C)C(=O)OCc1cc(NC(=O)CNC(=O)CNC(=O)CNC(=O)CON)ccc1O[C@@H]1OC(C(=O)O)[C@@H](O)[C@H](O)C1O)C(C)C. The van der Waals surface area contributed by atoms with Crippen LogP contribution in [0, 0.1) is 23.7 Å². The van der Waals surface area contributed by atoms with E-state index < -0.39 is 177 Å². The monoisotopic (exact) mass is 1300 g/mol. The summed E-state index contributed by atoms with van der Waals surface area (Å²) in [5.41, 5.74) is 0.580. The minimum atomic E-state index is -2.06. The highest BCUT2D eigenvalue weighted by Crippen LogP contribution is 2.32. The average Bonchev–Trinajstić information content (AvgIpc) is 1.02. The Labute approximate surface area is 534 Å². The van der Waals surface area contributed by atoms with Gasteiger partial charge in [-0.3, -0.25) is 48.1 Å². The Balaban J connectivity index is 1.50. The van der Waals surface area contributed by atoms with Crippen molar-refractivity contribution in [2.45, 2.75) is 167 Å². The second kappa shape index (κ2) is 36.6. The first kappa shape index (κ1) is 76.8. The number of likely N-dealkylation sites (tertiary alicyclic amines) is 1. The highest BCUT2D eigenvalue weighted by atomic mass is 16.7. The van der Waals surface area contributed by atoms with E-state index in [-0.39, 0.29) is 41.2 Å². The Morgan fingerprint density at radius 1 is 0.761 bits per heavy atom. The zero-order chi connectivity index (χ0) is 68.8. The molecule has 2 unspecified atom stereocenters. The molecule has 9 amide bonds. The van der Waals surface area contributed by atoms with Gasteiger partial charge in [0, 0.05) is 46.1 Å². The number of ether oxygens (including phenoxy) is 5. The van der Waals surface area contributed by atoms with E-state index in [2.05, 4.69) is 36.7 Å². The number of anilines is 1. The van der Waals surface area contributed by atoms with E-state index >= 15 is 0 Å². The number of benzene rings is 2. The number of carbonyl (C=O) groups excluding carboxylic acids is 9. The number of methoxy groups -OCH3 is 2. The predicted molar refractivity (Wildman–Crippen MR) is 328 cm³/mol. The van der Waals surface area contributed by atoms with Crippen molar-refractivity contribution in [3.63, 3.8) is 0 Å². The van der Waals surface area contributed by atoms with E-state index in [0.717, 1.165) is 4.90 Å². The van der Waals surface area contributed by atoms with Crippen LogP contribution >= 0.6 is 0 Å². The molecular weight excluding hydrogens is 1210 g/mol. The lowest BCUT2D eigenvalue weighted by atomic mass is 9.89. The molecule has 15 atom stereocenters. The summed E-state index contributed by atoms with van der Waals surface area (Å²) in [7, 11) is 5.80. The van der Waals surface area contributed by atoms with Gasteiger partial charge >= 0.3 is 12.1 Å². The zero-order valence-corrected chi connectivity index (χ0v) is 54.2. The smallest absolute Gasteiger partial charge is 0.410 e. The number of aliphatic hydroxyl groups is 4. The van der Waals surface area contributed by atoms with Crippen molar-refractivity contribution in [3.8, 4) is 5.75 Å². The quantitative estimate of drug-likeness (QED) is 0.0375. The van der Waals surface area contributed by atoms with Crippen LogP contribution in [-0.2, 0) is 73.5 Å². The van der Waals surface area contributed by atoms with Gasteiger partial charge in [0.2, 0.25) is 53.5 Å². The van der Waals surface area contributed by atoms with Crippen LogP contribution in [0.2, 0.25) is 0 Å². The van der Waals surface area contributed by atoms with Crippen LogP contribution in [0.15, 0.2) is 48.5 Å². The zero-order valence-electron chi connectivity index (χ0n) is 54.2. The fraction of sp³-hybridized carbons (Fsp3) is 0.639. The number of nitrogens with one attached hydrogen (secondary N) is 6. The molecule has 2 heterocycles. The summed E-state index contributed by atoms with van der Waals surface area (Å²) in [5.74, 6) is -4.14. The molecule has 0 radical (unpaired) electrons. The normalized spacial score (nSPS) is 21.0. The van der Waals surface area contributed by atoms with Crippen molar-refractivity contribution in [1.82, 2.24) is 41.3 Å². The number of hydrogen-bond acceptors (Lipinski definition) is 21. The van der Waals surface area contributed by atoms with Gasteiger partial charge in [0.25, 0.3) is 0 Å². The Morgan fingerprint density at radius 2 is 1.38 bits per heavy atom. The van der Waals surface area contributed by atoms with Gasteiger partial charge < -0.3 is 90.9 Å². The molecule has 92 heavy (non-hydrogen) atoms. The van der Waals surface area contributed by atoms with Gasteiger partial charge in [-0.15, -0.1) is 0 Å². The third-order valence-electron chi connectivity index (χ3n) is 16.4. The molecule has 0 bridgehead atoms. The predicted octanol–water partition coefficient (Wildman–Crippen LogP) is -0.973. The van der Waals surface area contributed by atoms with Crippen molar-refractivity contribution in [1.29, 1.82) is 0 Å². The minimum Gasteiger partial charge on any atom is -0.479 e. The fourth-order valence-electron chi connectivity index (χ4n) is 11.1. The number of hydrogen-bond donors (Lipinski definition) is 12. The molecule has 31 heteroatoms. The summed E-state index contributed by atoms with van der Waals surface area (Å²) >= 11 is 0. The van der Waals surface area contributed by atoms with E-state index in [1.54, 1.807) is 77.8 Å². The van der Waals surface area contributed by atoms with Crippen molar-refractivity contribution in [2.24, 2.45) is 29.6 Å². The second-order valence-corrected chi connectivity index (χ2v) is 23.7. The van der Waals surface area contributed by atoms with Crippen LogP contribution in [0.25, 0.3) is 0 Å². The number of nitrogens with two attached hydrogens (primary N) is 1. The lowest BCUT2D eigenvalue weighted by Crippen LogP contribution is -2.61. The minimum absolute atomic E-state index is 0.00915. The summed E-state index contributed by atoms with van der Waals surface area (Å²) in [4.78, 5) is 141. The van der Waals surface area contributed by atoms with Crippen LogP contribution in [0.4, 0.5) is 10.5 Å². The Hall–Kier alpha value is -7.62. The maximum absolute atomic E-state index is 14.9. The molecule has 0 aromatic heterocycles. The van der Waals surface area contributed by atoms with E-state index in [1.165, 1.54) is 44.4 Å². The lowest BCUT2D eigenvalue weighted by molar-refractivity contribution is -0.271. The molecule has 0 aliphatic carbocycles. The molecule has 0 spiro atoms. The van der Waals surface area contributed by atoms with E-state index in [4.69, 9.17) is 29.6 Å². The van der Waals surface area contributed by atoms with Crippen LogP contribution in [-0.4, -0.2) is 234 Å². The van der Waals surface area contributed by atoms with Gasteiger partial charge in [0.15, 0.2) is 6.10 Å². The van der Waals surface area contributed by atoms with Crippen molar-refractivity contribution >= 4 is 65.0 Å². The molecule has 2 aromatic carbocycles. The van der Waals surface area contributed by atoms with Gasteiger partial charge in [0.05, 0.1) is 68.4 Å². The fourth-order valence-corrected chi connectivity index (χ4v) is 11.1. The van der Waals surface area contributed by atoms with Gasteiger partial charge in [-0.25, -0.2) is 15.5 Å². The number of amides is 9. The second-order valence-electron chi connectivity index (χ2n) is 23.7. The van der Waals surface area contributed by atoms with E-state index in [9.17, 15) is 73.5 Å². The van der Waals surface area contributed by atoms with Crippen molar-refractivity contribution in [3.05, 3.63) is 59.7 Å². The first-order valence-corrected chi connectivity index (χ1v) is 30.4. The molecule has 2 aliphatic rings. The van der Waals surface area contributed by atoms with Crippen molar-refractivity contribution < 1.29 is 102 Å². The number of carbonyl (C=O) groups is 10. The Bertz CT molecular complexity index is 2820. The molecule has 2 aromatic rings. The standard InChI is InChI=1S/C61H94N10O21/c1-13-33(6)49(41(87-11)25-46(76)71-23-17-20-39(71)54(88-12)34(7)56(81)66-35(8)50(77)36-18-15-14-16-19-36)69(9)58(83)47(31(2)3)68-57(82)48(32(4)5)70(10)61(86)89-29-37-24-38(21-22-40(37)91-60-53(80)51(78)52(79)55(92-60)59(84)85)67-44(74)28-64-42(72)26-63-43(73)27-65-45(75)30-90-62/h14-16,18-19,21-22,24,31-35,39,41,47-55,60,77-80H,13,17,20,23,25-30,62H2,1-12H3,(H,63,73)(H,64,72)(H,65,75)(H,66,81)(H,67,74)(H,68,82)(H,84,85)/t33-,34+,35+,39-,41+,47-,48-,49-,50+,51-,52-,53?,54+,55?,60+/m0/s1. The molecule has 4 rings (SSSR count). The van der Waals surface area contributed by atoms with Crippen LogP contribution in [0.3, 0.4) is 0 Å². The van der Waals surface area contributed by atoms with Gasteiger partial charge in [-0.2, -0.15) is 0 Å². The lowest BCUT2D eigenvalue weighted by Gasteiger charge is -2.41. The van der Waals surface area contributed by atoms with Crippen LogP contribution < -0.4 is 42.5 Å². The number of carboxylic acid groups (broad SMARTS) is 1. The first-order chi connectivity index (χ1) is 43.4. The topological polar surface area (TPSA) is 435 Å². The summed E-state index contributed by atoms with van der Waals surface area (Å²) in [6, 6.07) is 8.39. The Morgan fingerprint density at radius 3 is 1.95 bits per heavy atom. The number of carboxylic acids is 1. The van der Waals surface area contributed by atoms with Gasteiger partial charge in [0.1, 0.15) is 49.4 Å². The highest BCUT2D eigenvalue weighted by molar-refractivity contribution is 5.96. The summed E-state index contributed by atoms with van der Waals surface area (Å²) in [5, 5.41) is 67.2. The molecule has 31 nitrogen and oxygen atoms in total. The van der Waals surface area contributed by atoms with Crippen LogP contribution in [0.1, 0.15) is 98.3 Å². The third kappa shape index (κ3) is 21.2. The van der Waals surface area contributed by atoms with Gasteiger partial charge in [-0.1, -0.05) is 85.2 Å². The molecule has 0 saturated carbocycles. The largest absolute Gasteiger partial charge is 0.479 e. The molecule has 514 valence electrons. The number of rotatable bonds is 34. The third-order valence-corrected chi connectivity index (χ3v) is 16.4.